The summed E-state index contributed by atoms with van der Waals surface area (Å²) >= 11 is 4.00. The van der Waals surface area contributed by atoms with Crippen LogP contribution in [0.3, 0.4) is 0 Å². The van der Waals surface area contributed by atoms with Gasteiger partial charge in [-0.3, -0.25) is 0 Å². The van der Waals surface area contributed by atoms with Crippen LogP contribution in [0.25, 0.3) is 10.2 Å². The van der Waals surface area contributed by atoms with Gasteiger partial charge in [-0.05, 0) is 35.1 Å². The number of hydrogen-bond acceptors (Lipinski definition) is 3. The van der Waals surface area contributed by atoms with E-state index in [0.29, 0.717) is 0 Å². The summed E-state index contributed by atoms with van der Waals surface area (Å²) in [6, 6.07) is 2.18. The van der Waals surface area contributed by atoms with Gasteiger partial charge in [-0.25, -0.2) is 9.97 Å². The first-order valence-electron chi connectivity index (χ1n) is 3.70. The normalized spacial score (nSPS) is 10.8. The lowest BCUT2D eigenvalue weighted by atomic mass is 10.3. The maximum absolute atomic E-state index is 4.21. The van der Waals surface area contributed by atoms with Crippen molar-refractivity contribution in [1.82, 2.24) is 9.97 Å². The molecule has 0 aliphatic rings. The molecule has 0 fully saturated rings. The van der Waals surface area contributed by atoms with Crippen LogP contribution in [0.1, 0.15) is 11.8 Å². The zero-order chi connectivity index (χ0) is 8.55. The molecule has 0 aliphatic heterocycles. The number of nitrogens with zero attached hydrogens (tertiary/aromatic N) is 2. The highest BCUT2D eigenvalue weighted by Crippen LogP contribution is 2.26. The molecule has 4 heteroatoms. The van der Waals surface area contributed by atoms with E-state index >= 15 is 0 Å². The molecule has 2 aromatic heterocycles. The Hall–Kier alpha value is -0.230. The van der Waals surface area contributed by atoms with Gasteiger partial charge in [-0.2, -0.15) is 0 Å². The third kappa shape index (κ3) is 1.33. The van der Waals surface area contributed by atoms with Crippen LogP contribution in [0.2, 0.25) is 0 Å². The van der Waals surface area contributed by atoms with Gasteiger partial charge in [0.15, 0.2) is 0 Å². The second kappa shape index (κ2) is 3.26. The molecule has 0 saturated heterocycles. The highest BCUT2D eigenvalue weighted by Gasteiger charge is 2.04. The topological polar surface area (TPSA) is 25.8 Å². The third-order valence-corrected chi connectivity index (χ3v) is 3.73. The van der Waals surface area contributed by atoms with Gasteiger partial charge in [0.05, 0.1) is 0 Å². The molecule has 2 heterocycles. The number of fused-ring (bicyclic) bond motifs is 1. The van der Waals surface area contributed by atoms with Crippen molar-refractivity contribution in [2.24, 2.45) is 0 Å². The average Bonchev–Trinajstić information content (AvgIpc) is 2.49. The van der Waals surface area contributed by atoms with E-state index in [1.54, 1.807) is 17.7 Å². The van der Waals surface area contributed by atoms with Crippen molar-refractivity contribution in [3.63, 3.8) is 0 Å². The van der Waals surface area contributed by atoms with Gasteiger partial charge in [0.1, 0.15) is 14.9 Å². The van der Waals surface area contributed by atoms with Crippen LogP contribution in [0.15, 0.2) is 12.4 Å². The van der Waals surface area contributed by atoms with Crippen molar-refractivity contribution in [3.8, 4) is 0 Å². The van der Waals surface area contributed by atoms with Gasteiger partial charge >= 0.3 is 0 Å². The molecule has 0 N–H and O–H groups in total. The molecule has 2 rings (SSSR count). The van der Waals surface area contributed by atoms with Crippen molar-refractivity contribution < 1.29 is 0 Å². The number of thiophene rings is 1. The maximum Gasteiger partial charge on any atom is 0.128 e. The Balaban J connectivity index is 2.74. The Morgan fingerprint density at radius 3 is 3.00 bits per heavy atom. The Morgan fingerprint density at radius 2 is 2.33 bits per heavy atom. The van der Waals surface area contributed by atoms with E-state index in [9.17, 15) is 0 Å². The van der Waals surface area contributed by atoms with E-state index < -0.39 is 0 Å². The zero-order valence-corrected chi connectivity index (χ0v) is 9.52. The predicted molar refractivity (Wildman–Crippen MR) is 59.5 cm³/mol. The Labute approximate surface area is 88.2 Å². The average molecular weight is 290 g/mol. The molecule has 0 radical (unpaired) electrons. The minimum absolute atomic E-state index is 1.05. The largest absolute Gasteiger partial charge is 0.230 e. The lowest BCUT2D eigenvalue weighted by Gasteiger charge is -1.88. The molecule has 2 aromatic rings. The molecule has 62 valence electrons. The summed E-state index contributed by atoms with van der Waals surface area (Å²) < 4.78 is 1.05. The van der Waals surface area contributed by atoms with E-state index in [2.05, 4.69) is 45.5 Å². The van der Waals surface area contributed by atoms with Crippen molar-refractivity contribution in [2.75, 3.05) is 0 Å². The van der Waals surface area contributed by atoms with Crippen LogP contribution >= 0.6 is 33.9 Å². The monoisotopic (exact) mass is 290 g/mol. The molecule has 0 aromatic carbocycles. The quantitative estimate of drug-likeness (QED) is 0.596. The van der Waals surface area contributed by atoms with Crippen LogP contribution in [-0.2, 0) is 6.42 Å². The van der Waals surface area contributed by atoms with Crippen molar-refractivity contribution in [1.29, 1.82) is 0 Å². The molecular weight excluding hydrogens is 283 g/mol. The number of aromatic nitrogens is 2. The summed E-state index contributed by atoms with van der Waals surface area (Å²) in [5, 5.41) is 1.19. The number of aryl methyl sites for hydroxylation is 1. The van der Waals surface area contributed by atoms with Gasteiger partial charge < -0.3 is 0 Å². The first kappa shape index (κ1) is 8.37. The van der Waals surface area contributed by atoms with Crippen LogP contribution in [-0.4, -0.2) is 9.97 Å². The summed E-state index contributed by atoms with van der Waals surface area (Å²) in [5.41, 5.74) is 0. The highest BCUT2D eigenvalue weighted by molar-refractivity contribution is 14.1. The minimum atomic E-state index is 1.05. The van der Waals surface area contributed by atoms with E-state index in [-0.39, 0.29) is 0 Å². The smallest absolute Gasteiger partial charge is 0.128 e. The van der Waals surface area contributed by atoms with E-state index in [1.807, 2.05) is 0 Å². The molecule has 0 bridgehead atoms. The number of halogens is 1. The first-order chi connectivity index (χ1) is 5.81. The molecular formula is C8H7IN2S. The standard InChI is InChI=1S/C8H7IN2S/c1-2-5-3-6-7(9)10-4-11-8(6)12-5/h3-4H,2H2,1H3. The highest BCUT2D eigenvalue weighted by atomic mass is 127. The van der Waals surface area contributed by atoms with Crippen molar-refractivity contribution in [3.05, 3.63) is 21.0 Å². The summed E-state index contributed by atoms with van der Waals surface area (Å²) in [7, 11) is 0. The second-order valence-electron chi connectivity index (χ2n) is 2.45. The fraction of sp³-hybridized carbons (Fsp3) is 0.250. The van der Waals surface area contributed by atoms with Crippen LogP contribution < -0.4 is 0 Å². The molecule has 2 nitrogen and oxygen atoms in total. The molecule has 12 heavy (non-hydrogen) atoms. The summed E-state index contributed by atoms with van der Waals surface area (Å²) in [6.45, 7) is 2.16. The lowest BCUT2D eigenvalue weighted by Crippen LogP contribution is -1.80. The second-order valence-corrected chi connectivity index (χ2v) is 4.59. The lowest BCUT2D eigenvalue weighted by molar-refractivity contribution is 1.18. The van der Waals surface area contributed by atoms with Crippen molar-refractivity contribution in [2.45, 2.75) is 13.3 Å². The zero-order valence-electron chi connectivity index (χ0n) is 6.54. The van der Waals surface area contributed by atoms with Gasteiger partial charge in [0.2, 0.25) is 0 Å². The summed E-state index contributed by atoms with van der Waals surface area (Å²) in [6.07, 6.45) is 2.71. The molecule has 0 unspecified atom stereocenters. The van der Waals surface area contributed by atoms with E-state index in [0.717, 1.165) is 15.0 Å². The maximum atomic E-state index is 4.21. The van der Waals surface area contributed by atoms with Gasteiger partial charge in [-0.15, -0.1) is 11.3 Å². The minimum Gasteiger partial charge on any atom is -0.230 e. The fourth-order valence-electron chi connectivity index (χ4n) is 1.05. The third-order valence-electron chi connectivity index (χ3n) is 1.68. The van der Waals surface area contributed by atoms with Crippen molar-refractivity contribution >= 4 is 44.1 Å². The number of hydrogen-bond donors (Lipinski definition) is 0. The SMILES string of the molecule is CCc1cc2c(I)ncnc2s1. The molecule has 0 spiro atoms. The molecule has 0 saturated carbocycles. The molecule has 0 atom stereocenters. The van der Waals surface area contributed by atoms with Gasteiger partial charge in [0.25, 0.3) is 0 Å². The molecule has 0 aliphatic carbocycles. The predicted octanol–water partition coefficient (Wildman–Crippen LogP) is 2.86. The summed E-state index contributed by atoms with van der Waals surface area (Å²) in [5.74, 6) is 0. The summed E-state index contributed by atoms with van der Waals surface area (Å²) in [4.78, 5) is 10.8. The molecule has 0 amide bonds. The van der Waals surface area contributed by atoms with E-state index in [4.69, 9.17) is 0 Å². The number of rotatable bonds is 1. The van der Waals surface area contributed by atoms with Crippen LogP contribution in [0.5, 0.6) is 0 Å². The van der Waals surface area contributed by atoms with Gasteiger partial charge in [-0.1, -0.05) is 6.92 Å². The van der Waals surface area contributed by atoms with Gasteiger partial charge in [0, 0.05) is 10.3 Å². The van der Waals surface area contributed by atoms with Crippen LogP contribution in [0.4, 0.5) is 0 Å². The Kier molecular flexibility index (Phi) is 2.27. The first-order valence-corrected chi connectivity index (χ1v) is 5.59. The van der Waals surface area contributed by atoms with Crippen LogP contribution in [0, 0.1) is 3.70 Å². The Bertz CT molecular complexity index is 410. The van der Waals surface area contributed by atoms with E-state index in [1.165, 1.54) is 10.3 Å². The fourth-order valence-corrected chi connectivity index (χ4v) is 2.70. The Morgan fingerprint density at radius 1 is 1.50 bits per heavy atom.